The highest BCUT2D eigenvalue weighted by Gasteiger charge is 2.34. The number of alkyl carbamates (subject to hydrolysis) is 1. The van der Waals surface area contributed by atoms with E-state index in [1.807, 2.05) is 57.2 Å². The summed E-state index contributed by atoms with van der Waals surface area (Å²) in [4.78, 5) is 16.1. The van der Waals surface area contributed by atoms with Gasteiger partial charge in [0.15, 0.2) is 11.5 Å². The van der Waals surface area contributed by atoms with E-state index in [0.717, 1.165) is 16.9 Å². The van der Waals surface area contributed by atoms with Crippen LogP contribution in [0.5, 0.6) is 17.4 Å². The van der Waals surface area contributed by atoms with Crippen molar-refractivity contribution in [2.45, 2.75) is 77.5 Å². The number of nitrogens with zero attached hydrogens (tertiary/aromatic N) is 4. The third-order valence-electron chi connectivity index (χ3n) is 6.87. The van der Waals surface area contributed by atoms with Gasteiger partial charge in [-0.1, -0.05) is 43.3 Å². The zero-order valence-corrected chi connectivity index (χ0v) is 24.2. The first kappa shape index (κ1) is 28.1. The van der Waals surface area contributed by atoms with Gasteiger partial charge < -0.3 is 24.1 Å². The first-order chi connectivity index (χ1) is 19.4. The number of hydrogen-bond acceptors (Lipinski definition) is 9. The largest absolute Gasteiger partial charge is 0.490 e. The average Bonchev–Trinajstić information content (AvgIpc) is 3.33. The highest BCUT2D eigenvalue weighted by molar-refractivity contribution is 5.68. The maximum absolute atomic E-state index is 11.9. The summed E-state index contributed by atoms with van der Waals surface area (Å²) in [6, 6.07) is 19.5. The van der Waals surface area contributed by atoms with Gasteiger partial charge in [0.05, 0.1) is 0 Å². The third kappa shape index (κ3) is 7.00. The van der Waals surface area contributed by atoms with Crippen molar-refractivity contribution in [3.8, 4) is 29.0 Å². The molecular formula is C31H35N5O5. The molecule has 0 unspecified atom stereocenters. The highest BCUT2D eigenvalue weighted by Crippen LogP contribution is 2.35. The number of aryl methyl sites for hydroxylation is 1. The van der Waals surface area contributed by atoms with Crippen LogP contribution in [-0.4, -0.2) is 44.2 Å². The van der Waals surface area contributed by atoms with Crippen LogP contribution >= 0.6 is 0 Å². The Morgan fingerprint density at radius 1 is 0.854 bits per heavy atom. The molecule has 1 aliphatic rings. The topological polar surface area (TPSA) is 121 Å². The Morgan fingerprint density at radius 2 is 1.49 bits per heavy atom. The SMILES string of the molecule is Cc1noc(-c2ccc(Oc3ccc(C(C)(C)c4ccc(OC5CC(OC(=O)NC(C)(C)C)C5)cc4)cc3)nn2)n1. The van der Waals surface area contributed by atoms with Crippen LogP contribution in [0.15, 0.2) is 65.2 Å². The molecule has 1 fully saturated rings. The van der Waals surface area contributed by atoms with E-state index < -0.39 is 0 Å². The van der Waals surface area contributed by atoms with Crippen LogP contribution in [0.25, 0.3) is 11.6 Å². The van der Waals surface area contributed by atoms with Crippen molar-refractivity contribution in [2.24, 2.45) is 0 Å². The number of carbonyl (C=O) groups is 1. The fourth-order valence-electron chi connectivity index (χ4n) is 4.46. The summed E-state index contributed by atoms with van der Waals surface area (Å²) in [7, 11) is 0. The van der Waals surface area contributed by atoms with Gasteiger partial charge in [0.1, 0.15) is 23.7 Å². The lowest BCUT2D eigenvalue weighted by Gasteiger charge is -2.35. The summed E-state index contributed by atoms with van der Waals surface area (Å²) in [6.45, 7) is 11.9. The molecule has 2 heterocycles. The molecule has 214 valence electrons. The van der Waals surface area contributed by atoms with Gasteiger partial charge in [0, 0.05) is 29.9 Å². The Kier molecular flexibility index (Phi) is 7.66. The standard InChI is InChI=1S/C31H35N5O5/c1-19-32-28(41-36-19)26-15-16-27(35-34-26)39-23-13-9-21(10-14-23)31(5,6)20-7-11-22(12-8-20)38-24-17-25(18-24)40-29(37)33-30(2,3)4/h7-16,24-25H,17-18H2,1-6H3,(H,33,37). The van der Waals surface area contributed by atoms with Gasteiger partial charge in [0.2, 0.25) is 5.88 Å². The molecule has 0 atom stereocenters. The molecule has 41 heavy (non-hydrogen) atoms. The monoisotopic (exact) mass is 557 g/mol. The van der Waals surface area contributed by atoms with E-state index in [4.69, 9.17) is 18.7 Å². The van der Waals surface area contributed by atoms with E-state index in [9.17, 15) is 4.79 Å². The summed E-state index contributed by atoms with van der Waals surface area (Å²) in [5, 5.41) is 14.8. The number of ether oxygens (including phenoxy) is 3. The molecule has 4 aromatic rings. The number of hydrogen-bond donors (Lipinski definition) is 1. The van der Waals surface area contributed by atoms with Crippen LogP contribution in [0.1, 0.15) is 64.4 Å². The lowest BCUT2D eigenvalue weighted by atomic mass is 9.78. The summed E-state index contributed by atoms with van der Waals surface area (Å²) in [5.41, 5.74) is 2.22. The first-order valence-corrected chi connectivity index (χ1v) is 13.6. The molecule has 2 aromatic carbocycles. The molecular weight excluding hydrogens is 522 g/mol. The van der Waals surface area contributed by atoms with Gasteiger partial charge >= 0.3 is 6.09 Å². The number of carbonyl (C=O) groups excluding carboxylic acids is 1. The van der Waals surface area contributed by atoms with Gasteiger partial charge in [-0.15, -0.1) is 10.2 Å². The Balaban J connectivity index is 1.13. The highest BCUT2D eigenvalue weighted by atomic mass is 16.6. The molecule has 2 aromatic heterocycles. The zero-order chi connectivity index (χ0) is 29.2. The van der Waals surface area contributed by atoms with Crippen molar-refractivity contribution in [1.82, 2.24) is 25.7 Å². The lowest BCUT2D eigenvalue weighted by Crippen LogP contribution is -2.46. The minimum Gasteiger partial charge on any atom is -0.490 e. The van der Waals surface area contributed by atoms with E-state index in [2.05, 4.69) is 51.6 Å². The molecule has 1 saturated carbocycles. The predicted molar refractivity (Wildman–Crippen MR) is 152 cm³/mol. The number of amides is 1. The Morgan fingerprint density at radius 3 is 2.02 bits per heavy atom. The van der Waals surface area contributed by atoms with E-state index in [-0.39, 0.29) is 29.3 Å². The van der Waals surface area contributed by atoms with Gasteiger partial charge in [-0.05, 0) is 69.2 Å². The lowest BCUT2D eigenvalue weighted by molar-refractivity contribution is -0.0243. The maximum atomic E-state index is 11.9. The molecule has 1 aliphatic carbocycles. The molecule has 0 radical (unpaired) electrons. The minimum atomic E-state index is -0.383. The Hall–Kier alpha value is -4.47. The molecule has 1 N–H and O–H groups in total. The molecule has 0 bridgehead atoms. The molecule has 5 rings (SSSR count). The summed E-state index contributed by atoms with van der Waals surface area (Å²) in [5.74, 6) is 2.67. The molecule has 0 aliphatic heterocycles. The van der Waals surface area contributed by atoms with Crippen LogP contribution in [0.4, 0.5) is 4.79 Å². The van der Waals surface area contributed by atoms with Gasteiger partial charge in [-0.2, -0.15) is 4.98 Å². The fraction of sp³-hybridized carbons (Fsp3) is 0.387. The van der Waals surface area contributed by atoms with E-state index in [1.54, 1.807) is 19.1 Å². The van der Waals surface area contributed by atoms with Crippen molar-refractivity contribution in [3.63, 3.8) is 0 Å². The van der Waals surface area contributed by atoms with Crippen molar-refractivity contribution < 1.29 is 23.5 Å². The fourth-order valence-corrected chi connectivity index (χ4v) is 4.46. The van der Waals surface area contributed by atoms with E-state index in [1.165, 1.54) is 0 Å². The van der Waals surface area contributed by atoms with Crippen molar-refractivity contribution in [1.29, 1.82) is 0 Å². The summed E-state index contributed by atoms with van der Waals surface area (Å²) >= 11 is 0. The number of rotatable bonds is 8. The number of benzene rings is 2. The molecule has 0 spiro atoms. The number of aromatic nitrogens is 4. The quantitative estimate of drug-likeness (QED) is 0.263. The van der Waals surface area contributed by atoms with Gasteiger partial charge in [-0.25, -0.2) is 4.79 Å². The molecule has 1 amide bonds. The van der Waals surface area contributed by atoms with Gasteiger partial charge in [0.25, 0.3) is 5.89 Å². The van der Waals surface area contributed by atoms with E-state index >= 15 is 0 Å². The third-order valence-corrected chi connectivity index (χ3v) is 6.87. The van der Waals surface area contributed by atoms with Crippen LogP contribution < -0.4 is 14.8 Å². The zero-order valence-electron chi connectivity index (χ0n) is 24.2. The van der Waals surface area contributed by atoms with Crippen LogP contribution in [0, 0.1) is 6.92 Å². The second kappa shape index (κ2) is 11.2. The second-order valence-electron chi connectivity index (χ2n) is 11.8. The molecule has 10 heteroatoms. The van der Waals surface area contributed by atoms with Gasteiger partial charge in [-0.3, -0.25) is 0 Å². The van der Waals surface area contributed by atoms with Crippen LogP contribution in [0.2, 0.25) is 0 Å². The van der Waals surface area contributed by atoms with Crippen molar-refractivity contribution >= 4 is 6.09 Å². The average molecular weight is 558 g/mol. The smallest absolute Gasteiger partial charge is 0.407 e. The van der Waals surface area contributed by atoms with E-state index in [0.29, 0.717) is 41.9 Å². The Bertz CT molecular complexity index is 1470. The number of nitrogens with one attached hydrogen (secondary N) is 1. The summed E-state index contributed by atoms with van der Waals surface area (Å²) in [6.07, 6.45) is 0.921. The van der Waals surface area contributed by atoms with Crippen LogP contribution in [-0.2, 0) is 10.2 Å². The molecule has 10 nitrogen and oxygen atoms in total. The minimum absolute atomic E-state index is 0.0396. The van der Waals surface area contributed by atoms with Crippen molar-refractivity contribution in [3.05, 3.63) is 77.6 Å². The Labute approximate surface area is 239 Å². The predicted octanol–water partition coefficient (Wildman–Crippen LogP) is 6.39. The normalized spacial score (nSPS) is 16.9. The van der Waals surface area contributed by atoms with Crippen LogP contribution in [0.3, 0.4) is 0 Å². The molecule has 0 saturated heterocycles. The van der Waals surface area contributed by atoms with Crippen molar-refractivity contribution in [2.75, 3.05) is 0 Å². The maximum Gasteiger partial charge on any atom is 0.407 e. The summed E-state index contributed by atoms with van der Waals surface area (Å²) < 4.78 is 22.5. The second-order valence-corrected chi connectivity index (χ2v) is 11.8. The first-order valence-electron chi connectivity index (χ1n) is 13.6.